The van der Waals surface area contributed by atoms with Crippen LogP contribution in [0.5, 0.6) is 0 Å². The van der Waals surface area contributed by atoms with E-state index < -0.39 is 0 Å². The highest BCUT2D eigenvalue weighted by atomic mass is 32.1. The standard InChI is InChI=1S/C12H14N2O2S/c15-8-9-7-14(5-6-16-9)12-10-3-1-2-4-11(10)13-17-12/h1-4,9,15H,5-8H2. The van der Waals surface area contributed by atoms with E-state index in [1.807, 2.05) is 18.2 Å². The van der Waals surface area contributed by atoms with E-state index in [1.54, 1.807) is 0 Å². The molecule has 0 aliphatic carbocycles. The molecule has 0 amide bonds. The molecule has 0 bridgehead atoms. The van der Waals surface area contributed by atoms with E-state index >= 15 is 0 Å². The maximum Gasteiger partial charge on any atom is 0.120 e. The van der Waals surface area contributed by atoms with Crippen molar-refractivity contribution in [1.29, 1.82) is 0 Å². The van der Waals surface area contributed by atoms with Gasteiger partial charge in [-0.15, -0.1) is 0 Å². The zero-order valence-corrected chi connectivity index (χ0v) is 10.2. The van der Waals surface area contributed by atoms with E-state index in [9.17, 15) is 0 Å². The lowest BCUT2D eigenvalue weighted by Crippen LogP contribution is -2.43. The molecule has 1 fully saturated rings. The monoisotopic (exact) mass is 250 g/mol. The molecule has 1 saturated heterocycles. The summed E-state index contributed by atoms with van der Waals surface area (Å²) in [6, 6.07) is 8.16. The number of aliphatic hydroxyl groups is 1. The molecule has 1 aliphatic heterocycles. The second-order valence-corrected chi connectivity index (χ2v) is 4.88. The molecule has 1 aromatic heterocycles. The minimum atomic E-state index is -0.0791. The van der Waals surface area contributed by atoms with Crippen molar-refractivity contribution in [2.45, 2.75) is 6.10 Å². The molecule has 1 N–H and O–H groups in total. The van der Waals surface area contributed by atoms with Gasteiger partial charge < -0.3 is 14.7 Å². The number of benzene rings is 1. The zero-order chi connectivity index (χ0) is 11.7. The second kappa shape index (κ2) is 4.60. The summed E-state index contributed by atoms with van der Waals surface area (Å²) in [5.41, 5.74) is 1.04. The summed E-state index contributed by atoms with van der Waals surface area (Å²) in [6.45, 7) is 2.34. The van der Waals surface area contributed by atoms with Gasteiger partial charge in [-0.2, -0.15) is 4.37 Å². The molecule has 1 aromatic carbocycles. The van der Waals surface area contributed by atoms with Crippen LogP contribution in [0, 0.1) is 0 Å². The van der Waals surface area contributed by atoms with Gasteiger partial charge in [0.25, 0.3) is 0 Å². The number of morpholine rings is 1. The summed E-state index contributed by atoms with van der Waals surface area (Å²) in [7, 11) is 0. The number of hydrogen-bond acceptors (Lipinski definition) is 5. The van der Waals surface area contributed by atoms with Crippen LogP contribution in [0.15, 0.2) is 24.3 Å². The Labute approximate surface area is 104 Å². The fourth-order valence-corrected chi connectivity index (χ4v) is 3.01. The predicted octanol–water partition coefficient (Wildman–Crippen LogP) is 1.49. The third kappa shape index (κ3) is 2.01. The predicted molar refractivity (Wildman–Crippen MR) is 68.7 cm³/mol. The first-order chi connectivity index (χ1) is 8.38. The normalized spacial score (nSPS) is 21.0. The SMILES string of the molecule is OCC1CN(c2snc3ccccc23)CCO1. The van der Waals surface area contributed by atoms with Crippen molar-refractivity contribution in [2.24, 2.45) is 0 Å². The molecule has 1 atom stereocenters. The van der Waals surface area contributed by atoms with Crippen molar-refractivity contribution in [2.75, 3.05) is 31.2 Å². The molecule has 0 spiro atoms. The topological polar surface area (TPSA) is 45.6 Å². The van der Waals surface area contributed by atoms with Crippen molar-refractivity contribution in [3.8, 4) is 0 Å². The van der Waals surface area contributed by atoms with E-state index in [4.69, 9.17) is 9.84 Å². The zero-order valence-electron chi connectivity index (χ0n) is 9.37. The van der Waals surface area contributed by atoms with Gasteiger partial charge in [-0.3, -0.25) is 0 Å². The number of aromatic nitrogens is 1. The van der Waals surface area contributed by atoms with Gasteiger partial charge in [0, 0.05) is 18.5 Å². The molecule has 2 heterocycles. The third-order valence-corrected chi connectivity index (χ3v) is 3.93. The first kappa shape index (κ1) is 11.0. The van der Waals surface area contributed by atoms with Gasteiger partial charge in [-0.1, -0.05) is 12.1 Å². The number of aliphatic hydroxyl groups excluding tert-OH is 1. The fourth-order valence-electron chi connectivity index (χ4n) is 2.12. The highest BCUT2D eigenvalue weighted by Gasteiger charge is 2.22. The van der Waals surface area contributed by atoms with Gasteiger partial charge in [-0.05, 0) is 23.7 Å². The minimum absolute atomic E-state index is 0.0766. The summed E-state index contributed by atoms with van der Waals surface area (Å²) in [6.07, 6.45) is -0.0791. The van der Waals surface area contributed by atoms with Crippen LogP contribution in [-0.4, -0.2) is 41.9 Å². The van der Waals surface area contributed by atoms with E-state index in [2.05, 4.69) is 15.3 Å². The maximum atomic E-state index is 9.16. The first-order valence-corrected chi connectivity index (χ1v) is 6.47. The lowest BCUT2D eigenvalue weighted by atomic mass is 10.2. The Hall–Kier alpha value is -1.17. The van der Waals surface area contributed by atoms with Crippen LogP contribution >= 0.6 is 11.5 Å². The Morgan fingerprint density at radius 3 is 3.24 bits per heavy atom. The molecule has 0 radical (unpaired) electrons. The van der Waals surface area contributed by atoms with Crippen molar-refractivity contribution in [3.63, 3.8) is 0 Å². The van der Waals surface area contributed by atoms with Gasteiger partial charge in [0.1, 0.15) is 5.00 Å². The van der Waals surface area contributed by atoms with E-state index in [1.165, 1.54) is 21.9 Å². The summed E-state index contributed by atoms with van der Waals surface area (Å²) in [5, 5.41) is 11.5. The van der Waals surface area contributed by atoms with E-state index in [-0.39, 0.29) is 12.7 Å². The molecule has 0 saturated carbocycles. The summed E-state index contributed by atoms with van der Waals surface area (Å²) < 4.78 is 9.90. The molecular formula is C12H14N2O2S. The Morgan fingerprint density at radius 1 is 1.47 bits per heavy atom. The van der Waals surface area contributed by atoms with Crippen LogP contribution < -0.4 is 4.90 Å². The molecule has 1 unspecified atom stereocenters. The number of anilines is 1. The Bertz CT molecular complexity index is 514. The molecule has 90 valence electrons. The van der Waals surface area contributed by atoms with Crippen LogP contribution in [0.1, 0.15) is 0 Å². The van der Waals surface area contributed by atoms with Gasteiger partial charge in [0.15, 0.2) is 0 Å². The molecule has 2 aromatic rings. The van der Waals surface area contributed by atoms with E-state index in [0.29, 0.717) is 6.61 Å². The van der Waals surface area contributed by atoms with Crippen LogP contribution in [0.3, 0.4) is 0 Å². The van der Waals surface area contributed by atoms with Gasteiger partial charge in [-0.25, -0.2) is 0 Å². The van der Waals surface area contributed by atoms with Crippen LogP contribution in [0.25, 0.3) is 10.9 Å². The number of hydrogen-bond donors (Lipinski definition) is 1. The highest BCUT2D eigenvalue weighted by molar-refractivity contribution is 7.11. The van der Waals surface area contributed by atoms with Gasteiger partial charge in [0.2, 0.25) is 0 Å². The molecule has 1 aliphatic rings. The smallest absolute Gasteiger partial charge is 0.120 e. The largest absolute Gasteiger partial charge is 0.394 e. The lowest BCUT2D eigenvalue weighted by Gasteiger charge is -2.32. The summed E-state index contributed by atoms with van der Waals surface area (Å²) >= 11 is 1.52. The fraction of sp³-hybridized carbons (Fsp3) is 0.417. The number of fused-ring (bicyclic) bond motifs is 1. The third-order valence-electron chi connectivity index (χ3n) is 2.99. The van der Waals surface area contributed by atoms with Crippen LogP contribution in [-0.2, 0) is 4.74 Å². The van der Waals surface area contributed by atoms with Gasteiger partial charge in [0.05, 0.1) is 24.8 Å². The van der Waals surface area contributed by atoms with Crippen molar-refractivity contribution in [3.05, 3.63) is 24.3 Å². The van der Waals surface area contributed by atoms with E-state index in [0.717, 1.165) is 18.6 Å². The van der Waals surface area contributed by atoms with Crippen molar-refractivity contribution >= 4 is 27.4 Å². The average Bonchev–Trinajstić information content (AvgIpc) is 2.82. The Balaban J connectivity index is 1.92. The van der Waals surface area contributed by atoms with Gasteiger partial charge >= 0.3 is 0 Å². The Kier molecular flexibility index (Phi) is 2.96. The van der Waals surface area contributed by atoms with Crippen molar-refractivity contribution < 1.29 is 9.84 Å². The summed E-state index contributed by atoms with van der Waals surface area (Å²) in [4.78, 5) is 2.25. The Morgan fingerprint density at radius 2 is 2.35 bits per heavy atom. The number of ether oxygens (including phenoxy) is 1. The number of rotatable bonds is 2. The minimum Gasteiger partial charge on any atom is -0.394 e. The van der Waals surface area contributed by atoms with Crippen LogP contribution in [0.4, 0.5) is 5.00 Å². The molecule has 17 heavy (non-hydrogen) atoms. The highest BCUT2D eigenvalue weighted by Crippen LogP contribution is 2.31. The van der Waals surface area contributed by atoms with Crippen molar-refractivity contribution in [1.82, 2.24) is 4.37 Å². The van der Waals surface area contributed by atoms with Crippen LogP contribution in [0.2, 0.25) is 0 Å². The molecule has 3 rings (SSSR count). The lowest BCUT2D eigenvalue weighted by molar-refractivity contribution is 0.00381. The summed E-state index contributed by atoms with van der Waals surface area (Å²) in [5.74, 6) is 0. The molecule has 5 heteroatoms. The molecule has 4 nitrogen and oxygen atoms in total. The second-order valence-electron chi connectivity index (χ2n) is 4.13. The maximum absolute atomic E-state index is 9.16. The quantitative estimate of drug-likeness (QED) is 0.877. The average molecular weight is 250 g/mol. The number of nitrogens with zero attached hydrogens (tertiary/aromatic N) is 2. The molecular weight excluding hydrogens is 236 g/mol. The first-order valence-electron chi connectivity index (χ1n) is 5.70.